The standard InChI is InChI=1S/C7H15NO/c1-7(2)4-3-6(5-9)8-7/h6,8-9H,3-5H2,1-2H3/t6-/m0/s1. The molecular weight excluding hydrogens is 114 g/mol. The van der Waals surface area contributed by atoms with Crippen molar-refractivity contribution >= 4 is 0 Å². The van der Waals surface area contributed by atoms with Crippen LogP contribution in [-0.2, 0) is 0 Å². The van der Waals surface area contributed by atoms with Crippen molar-refractivity contribution in [3.05, 3.63) is 0 Å². The zero-order chi connectivity index (χ0) is 6.91. The van der Waals surface area contributed by atoms with E-state index in [2.05, 4.69) is 19.2 Å². The smallest absolute Gasteiger partial charge is 0.0584 e. The van der Waals surface area contributed by atoms with Gasteiger partial charge in [0, 0.05) is 11.6 Å². The summed E-state index contributed by atoms with van der Waals surface area (Å²) in [6, 6.07) is 0.347. The van der Waals surface area contributed by atoms with Gasteiger partial charge >= 0.3 is 0 Å². The number of aliphatic hydroxyl groups is 1. The van der Waals surface area contributed by atoms with Gasteiger partial charge in [0.1, 0.15) is 0 Å². The Bertz CT molecular complexity index is 101. The van der Waals surface area contributed by atoms with Crippen LogP contribution in [0.3, 0.4) is 0 Å². The van der Waals surface area contributed by atoms with Crippen LogP contribution < -0.4 is 5.32 Å². The van der Waals surface area contributed by atoms with Gasteiger partial charge in [-0.25, -0.2) is 0 Å². The first-order valence-corrected chi connectivity index (χ1v) is 3.52. The third-order valence-corrected chi connectivity index (χ3v) is 1.93. The molecule has 1 aliphatic rings. The topological polar surface area (TPSA) is 32.3 Å². The van der Waals surface area contributed by atoms with Gasteiger partial charge in [-0.1, -0.05) is 0 Å². The first-order chi connectivity index (χ1) is 4.14. The molecule has 0 aromatic carbocycles. The molecule has 1 atom stereocenters. The molecule has 0 spiro atoms. The van der Waals surface area contributed by atoms with Crippen molar-refractivity contribution in [2.24, 2.45) is 0 Å². The average Bonchev–Trinajstić information content (AvgIpc) is 2.10. The molecule has 0 aromatic rings. The Morgan fingerprint density at radius 3 is 2.56 bits per heavy atom. The van der Waals surface area contributed by atoms with Crippen molar-refractivity contribution in [1.29, 1.82) is 0 Å². The van der Waals surface area contributed by atoms with Crippen LogP contribution in [0.15, 0.2) is 0 Å². The molecule has 0 saturated carbocycles. The van der Waals surface area contributed by atoms with E-state index < -0.39 is 0 Å². The van der Waals surface area contributed by atoms with E-state index in [0.29, 0.717) is 6.04 Å². The lowest BCUT2D eigenvalue weighted by molar-refractivity contribution is 0.245. The van der Waals surface area contributed by atoms with Crippen molar-refractivity contribution in [3.63, 3.8) is 0 Å². The predicted molar refractivity (Wildman–Crippen MR) is 37.3 cm³/mol. The lowest BCUT2D eigenvalue weighted by Gasteiger charge is -2.18. The van der Waals surface area contributed by atoms with Gasteiger partial charge in [0.05, 0.1) is 6.61 Å². The van der Waals surface area contributed by atoms with E-state index in [1.54, 1.807) is 0 Å². The fourth-order valence-corrected chi connectivity index (χ4v) is 1.37. The molecule has 9 heavy (non-hydrogen) atoms. The molecule has 0 amide bonds. The maximum Gasteiger partial charge on any atom is 0.0584 e. The van der Waals surface area contributed by atoms with Crippen LogP contribution in [0.4, 0.5) is 0 Å². The Hall–Kier alpha value is -0.0800. The number of hydrogen-bond acceptors (Lipinski definition) is 2. The van der Waals surface area contributed by atoms with Crippen LogP contribution in [0.1, 0.15) is 26.7 Å². The van der Waals surface area contributed by atoms with Crippen molar-refractivity contribution in [3.8, 4) is 0 Å². The Morgan fingerprint density at radius 2 is 2.33 bits per heavy atom. The van der Waals surface area contributed by atoms with Gasteiger partial charge in [-0.3, -0.25) is 0 Å². The number of hydrogen-bond donors (Lipinski definition) is 2. The summed E-state index contributed by atoms with van der Waals surface area (Å²) in [5.41, 5.74) is 0.257. The molecule has 0 radical (unpaired) electrons. The quantitative estimate of drug-likeness (QED) is 0.540. The molecule has 1 fully saturated rings. The summed E-state index contributed by atoms with van der Waals surface area (Å²) in [6.45, 7) is 4.62. The summed E-state index contributed by atoms with van der Waals surface area (Å²) in [7, 11) is 0. The summed E-state index contributed by atoms with van der Waals surface area (Å²) < 4.78 is 0. The predicted octanol–water partition coefficient (Wildman–Crippen LogP) is 0.509. The zero-order valence-electron chi connectivity index (χ0n) is 6.15. The van der Waals surface area contributed by atoms with Crippen LogP contribution in [0.25, 0.3) is 0 Å². The van der Waals surface area contributed by atoms with Crippen LogP contribution in [0, 0.1) is 0 Å². The minimum absolute atomic E-state index is 0.257. The fourth-order valence-electron chi connectivity index (χ4n) is 1.37. The van der Waals surface area contributed by atoms with Crippen molar-refractivity contribution in [2.45, 2.75) is 38.3 Å². The minimum atomic E-state index is 0.257. The van der Waals surface area contributed by atoms with Crippen LogP contribution in [-0.4, -0.2) is 23.3 Å². The Labute approximate surface area is 56.3 Å². The fraction of sp³-hybridized carbons (Fsp3) is 1.00. The number of aliphatic hydroxyl groups excluding tert-OH is 1. The van der Waals surface area contributed by atoms with Crippen LogP contribution in [0.5, 0.6) is 0 Å². The molecule has 2 heteroatoms. The lowest BCUT2D eigenvalue weighted by atomic mass is 10.0. The second-order valence-electron chi connectivity index (χ2n) is 3.45. The summed E-state index contributed by atoms with van der Waals surface area (Å²) in [5, 5.41) is 12.1. The highest BCUT2D eigenvalue weighted by Gasteiger charge is 2.28. The molecule has 0 bridgehead atoms. The van der Waals surface area contributed by atoms with Gasteiger partial charge in [0.2, 0.25) is 0 Å². The third kappa shape index (κ3) is 1.66. The van der Waals surface area contributed by atoms with Crippen LogP contribution in [0.2, 0.25) is 0 Å². The highest BCUT2D eigenvalue weighted by molar-refractivity contribution is 4.90. The third-order valence-electron chi connectivity index (χ3n) is 1.93. The largest absolute Gasteiger partial charge is 0.395 e. The van der Waals surface area contributed by atoms with E-state index in [0.717, 1.165) is 6.42 Å². The molecule has 1 heterocycles. The number of nitrogens with one attached hydrogen (secondary N) is 1. The molecular formula is C7H15NO. The monoisotopic (exact) mass is 129 g/mol. The van der Waals surface area contributed by atoms with Crippen LogP contribution >= 0.6 is 0 Å². The normalized spacial score (nSPS) is 33.0. The lowest BCUT2D eigenvalue weighted by Crippen LogP contribution is -2.38. The SMILES string of the molecule is CC1(C)CC[C@@H](CO)N1. The van der Waals surface area contributed by atoms with E-state index >= 15 is 0 Å². The molecule has 0 aromatic heterocycles. The first-order valence-electron chi connectivity index (χ1n) is 3.52. The van der Waals surface area contributed by atoms with E-state index in [-0.39, 0.29) is 12.1 Å². The van der Waals surface area contributed by atoms with E-state index in [4.69, 9.17) is 5.11 Å². The Morgan fingerprint density at radius 1 is 1.67 bits per heavy atom. The summed E-state index contributed by atoms with van der Waals surface area (Å²) in [4.78, 5) is 0. The van der Waals surface area contributed by atoms with Gasteiger partial charge in [-0.2, -0.15) is 0 Å². The van der Waals surface area contributed by atoms with Gasteiger partial charge in [0.25, 0.3) is 0 Å². The first kappa shape index (κ1) is 7.03. The second-order valence-corrected chi connectivity index (χ2v) is 3.45. The highest BCUT2D eigenvalue weighted by atomic mass is 16.3. The van der Waals surface area contributed by atoms with Crippen molar-refractivity contribution in [1.82, 2.24) is 5.32 Å². The molecule has 54 valence electrons. The minimum Gasteiger partial charge on any atom is -0.395 e. The molecule has 1 aliphatic heterocycles. The number of rotatable bonds is 1. The molecule has 2 nitrogen and oxygen atoms in total. The maximum absolute atomic E-state index is 8.74. The molecule has 1 saturated heterocycles. The zero-order valence-corrected chi connectivity index (χ0v) is 6.15. The highest BCUT2D eigenvalue weighted by Crippen LogP contribution is 2.21. The summed E-state index contributed by atoms with van der Waals surface area (Å²) >= 11 is 0. The van der Waals surface area contributed by atoms with Crippen molar-refractivity contribution < 1.29 is 5.11 Å². The van der Waals surface area contributed by atoms with Gasteiger partial charge in [-0.05, 0) is 26.7 Å². The van der Waals surface area contributed by atoms with E-state index in [1.165, 1.54) is 6.42 Å². The van der Waals surface area contributed by atoms with E-state index in [1.807, 2.05) is 0 Å². The molecule has 0 aliphatic carbocycles. The molecule has 2 N–H and O–H groups in total. The Balaban J connectivity index is 2.38. The van der Waals surface area contributed by atoms with Gasteiger partial charge in [-0.15, -0.1) is 0 Å². The Kier molecular flexibility index (Phi) is 1.78. The molecule has 1 rings (SSSR count). The van der Waals surface area contributed by atoms with Gasteiger partial charge < -0.3 is 10.4 Å². The second kappa shape index (κ2) is 2.27. The van der Waals surface area contributed by atoms with Crippen molar-refractivity contribution in [2.75, 3.05) is 6.61 Å². The van der Waals surface area contributed by atoms with Gasteiger partial charge in [0.15, 0.2) is 0 Å². The van der Waals surface area contributed by atoms with E-state index in [9.17, 15) is 0 Å². The average molecular weight is 129 g/mol. The molecule has 0 unspecified atom stereocenters. The maximum atomic E-state index is 8.74. The summed E-state index contributed by atoms with van der Waals surface area (Å²) in [6.07, 6.45) is 2.29. The summed E-state index contributed by atoms with van der Waals surface area (Å²) in [5.74, 6) is 0.